The highest BCUT2D eigenvalue weighted by Gasteiger charge is 2.34. The number of benzene rings is 1. The second kappa shape index (κ2) is 5.48. The maximum absolute atomic E-state index is 13.6. The molecule has 1 aromatic carbocycles. The van der Waals surface area contributed by atoms with Gasteiger partial charge in [0.15, 0.2) is 0 Å². The van der Waals surface area contributed by atoms with Crippen LogP contribution >= 0.6 is 0 Å². The van der Waals surface area contributed by atoms with Gasteiger partial charge in [-0.2, -0.15) is 0 Å². The van der Waals surface area contributed by atoms with Crippen LogP contribution in [0.4, 0.5) is 4.39 Å². The third-order valence-electron chi connectivity index (χ3n) is 3.58. The lowest BCUT2D eigenvalue weighted by Gasteiger charge is -2.33. The minimum Gasteiger partial charge on any atom is -0.469 e. The smallest absolute Gasteiger partial charge is 0.306 e. The predicted molar refractivity (Wildman–Crippen MR) is 68.8 cm³/mol. The summed E-state index contributed by atoms with van der Waals surface area (Å²) in [6.07, 6.45) is 0.129. The summed E-state index contributed by atoms with van der Waals surface area (Å²) in [5.41, 5.74) is 6.61. The first-order valence-electron chi connectivity index (χ1n) is 5.90. The van der Waals surface area contributed by atoms with E-state index < -0.39 is 5.41 Å². The molecule has 0 aliphatic carbocycles. The van der Waals surface area contributed by atoms with Gasteiger partial charge in [0, 0.05) is 11.5 Å². The number of halogens is 1. The van der Waals surface area contributed by atoms with Crippen molar-refractivity contribution in [2.24, 2.45) is 5.73 Å². The van der Waals surface area contributed by atoms with Gasteiger partial charge in [-0.25, -0.2) is 4.39 Å². The molecule has 0 fully saturated rings. The SMILES string of the molecule is COC(=O)CC(C)(c1ccc(C)c(F)c1)C(C)N. The van der Waals surface area contributed by atoms with Crippen LogP contribution in [-0.2, 0) is 14.9 Å². The summed E-state index contributed by atoms with van der Waals surface area (Å²) >= 11 is 0. The molecule has 0 radical (unpaired) electrons. The first kappa shape index (κ1) is 14.6. The number of methoxy groups -OCH3 is 1. The molecule has 0 amide bonds. The Labute approximate surface area is 107 Å². The van der Waals surface area contributed by atoms with Crippen molar-refractivity contribution in [2.45, 2.75) is 38.6 Å². The van der Waals surface area contributed by atoms with E-state index >= 15 is 0 Å². The molecule has 2 atom stereocenters. The van der Waals surface area contributed by atoms with Gasteiger partial charge in [0.05, 0.1) is 13.5 Å². The van der Waals surface area contributed by atoms with Gasteiger partial charge in [0.25, 0.3) is 0 Å². The Balaban J connectivity index is 3.18. The summed E-state index contributed by atoms with van der Waals surface area (Å²) in [5.74, 6) is -0.639. The van der Waals surface area contributed by atoms with Crippen LogP contribution in [0.3, 0.4) is 0 Å². The van der Waals surface area contributed by atoms with Crippen molar-refractivity contribution in [1.29, 1.82) is 0 Å². The van der Waals surface area contributed by atoms with Crippen molar-refractivity contribution < 1.29 is 13.9 Å². The Morgan fingerprint density at radius 1 is 1.56 bits per heavy atom. The van der Waals surface area contributed by atoms with Crippen LogP contribution in [0.2, 0.25) is 0 Å². The fraction of sp³-hybridized carbons (Fsp3) is 0.500. The number of carbonyl (C=O) groups is 1. The first-order chi connectivity index (χ1) is 8.31. The first-order valence-corrected chi connectivity index (χ1v) is 5.90. The molecule has 3 nitrogen and oxygen atoms in total. The summed E-state index contributed by atoms with van der Waals surface area (Å²) in [4.78, 5) is 11.5. The molecular formula is C14H20FNO2. The fourth-order valence-corrected chi connectivity index (χ4v) is 1.85. The van der Waals surface area contributed by atoms with Crippen LogP contribution < -0.4 is 5.73 Å². The molecule has 0 saturated heterocycles. The summed E-state index contributed by atoms with van der Waals surface area (Å²) in [6, 6.07) is 4.66. The molecule has 2 N–H and O–H groups in total. The molecule has 0 saturated carbocycles. The standard InChI is InChI=1S/C14H20FNO2/c1-9-5-6-11(7-12(9)15)14(3,10(2)16)8-13(17)18-4/h5-7,10H,8,16H2,1-4H3. The van der Waals surface area contributed by atoms with Crippen LogP contribution in [0.5, 0.6) is 0 Å². The van der Waals surface area contributed by atoms with Crippen LogP contribution in [0.25, 0.3) is 0 Å². The molecule has 1 aromatic rings. The van der Waals surface area contributed by atoms with E-state index in [-0.39, 0.29) is 24.2 Å². The summed E-state index contributed by atoms with van der Waals surface area (Å²) < 4.78 is 18.3. The third kappa shape index (κ3) is 2.88. The van der Waals surface area contributed by atoms with E-state index in [0.717, 1.165) is 0 Å². The van der Waals surface area contributed by atoms with E-state index in [1.54, 1.807) is 19.9 Å². The number of carbonyl (C=O) groups excluding carboxylic acids is 1. The van der Waals surface area contributed by atoms with Gasteiger partial charge in [0.1, 0.15) is 5.82 Å². The Bertz CT molecular complexity index is 445. The average Bonchev–Trinajstić information content (AvgIpc) is 2.31. The van der Waals surface area contributed by atoms with Gasteiger partial charge in [-0.15, -0.1) is 0 Å². The summed E-state index contributed by atoms with van der Waals surface area (Å²) in [7, 11) is 1.33. The predicted octanol–water partition coefficient (Wildman–Crippen LogP) is 2.30. The summed E-state index contributed by atoms with van der Waals surface area (Å²) in [6.45, 7) is 5.35. The Hall–Kier alpha value is -1.42. The molecule has 0 spiro atoms. The van der Waals surface area contributed by atoms with E-state index in [4.69, 9.17) is 5.73 Å². The number of nitrogens with two attached hydrogens (primary N) is 1. The fourth-order valence-electron chi connectivity index (χ4n) is 1.85. The average molecular weight is 253 g/mol. The highest BCUT2D eigenvalue weighted by atomic mass is 19.1. The number of rotatable bonds is 4. The van der Waals surface area contributed by atoms with E-state index in [2.05, 4.69) is 4.74 Å². The van der Waals surface area contributed by atoms with E-state index in [0.29, 0.717) is 11.1 Å². The Morgan fingerprint density at radius 3 is 2.61 bits per heavy atom. The number of aryl methyl sites for hydroxylation is 1. The number of hydrogen-bond acceptors (Lipinski definition) is 3. The lowest BCUT2D eigenvalue weighted by atomic mass is 9.74. The molecule has 0 bridgehead atoms. The lowest BCUT2D eigenvalue weighted by Crippen LogP contribution is -2.43. The van der Waals surface area contributed by atoms with Crippen molar-refractivity contribution in [3.63, 3.8) is 0 Å². The van der Waals surface area contributed by atoms with Crippen molar-refractivity contribution in [3.8, 4) is 0 Å². The molecule has 1 rings (SSSR count). The lowest BCUT2D eigenvalue weighted by molar-refractivity contribution is -0.142. The second-order valence-electron chi connectivity index (χ2n) is 4.92. The molecule has 2 unspecified atom stereocenters. The van der Waals surface area contributed by atoms with E-state index in [1.165, 1.54) is 13.2 Å². The van der Waals surface area contributed by atoms with Gasteiger partial charge in [0.2, 0.25) is 0 Å². The quantitative estimate of drug-likeness (QED) is 0.838. The number of ether oxygens (including phenoxy) is 1. The van der Waals surface area contributed by atoms with Gasteiger partial charge in [-0.05, 0) is 31.0 Å². The zero-order valence-electron chi connectivity index (χ0n) is 11.3. The Kier molecular flexibility index (Phi) is 4.46. The monoisotopic (exact) mass is 253 g/mol. The van der Waals surface area contributed by atoms with Gasteiger partial charge < -0.3 is 10.5 Å². The third-order valence-corrected chi connectivity index (χ3v) is 3.58. The van der Waals surface area contributed by atoms with E-state index in [9.17, 15) is 9.18 Å². The van der Waals surface area contributed by atoms with E-state index in [1.807, 2.05) is 13.0 Å². The highest BCUT2D eigenvalue weighted by Crippen LogP contribution is 2.32. The van der Waals surface area contributed by atoms with Crippen LogP contribution in [0.1, 0.15) is 31.4 Å². The second-order valence-corrected chi connectivity index (χ2v) is 4.92. The molecule has 100 valence electrons. The minimum absolute atomic E-state index is 0.129. The van der Waals surface area contributed by atoms with Gasteiger partial charge in [-0.3, -0.25) is 4.79 Å². The Morgan fingerprint density at radius 2 is 2.17 bits per heavy atom. The largest absolute Gasteiger partial charge is 0.469 e. The normalized spacial score (nSPS) is 15.9. The van der Waals surface area contributed by atoms with Gasteiger partial charge >= 0.3 is 5.97 Å². The molecule has 0 aromatic heterocycles. The van der Waals surface area contributed by atoms with Crippen molar-refractivity contribution in [3.05, 3.63) is 35.1 Å². The number of esters is 1. The molecule has 0 aliphatic rings. The van der Waals surface area contributed by atoms with Crippen LogP contribution in [-0.4, -0.2) is 19.1 Å². The van der Waals surface area contributed by atoms with Crippen molar-refractivity contribution in [2.75, 3.05) is 7.11 Å². The molecule has 4 heteroatoms. The van der Waals surface area contributed by atoms with Crippen LogP contribution in [0, 0.1) is 12.7 Å². The highest BCUT2D eigenvalue weighted by molar-refractivity contribution is 5.71. The zero-order chi connectivity index (χ0) is 13.9. The van der Waals surface area contributed by atoms with Crippen molar-refractivity contribution >= 4 is 5.97 Å². The molecule has 0 heterocycles. The molecular weight excluding hydrogens is 233 g/mol. The van der Waals surface area contributed by atoms with Crippen molar-refractivity contribution in [1.82, 2.24) is 0 Å². The summed E-state index contributed by atoms with van der Waals surface area (Å²) in [5, 5.41) is 0. The maximum atomic E-state index is 13.6. The van der Waals surface area contributed by atoms with Gasteiger partial charge in [-0.1, -0.05) is 19.1 Å². The van der Waals surface area contributed by atoms with Crippen LogP contribution in [0.15, 0.2) is 18.2 Å². The minimum atomic E-state index is -0.637. The maximum Gasteiger partial charge on any atom is 0.306 e. The molecule has 0 aliphatic heterocycles. The topological polar surface area (TPSA) is 52.3 Å². The number of hydrogen-bond donors (Lipinski definition) is 1. The molecule has 18 heavy (non-hydrogen) atoms. The zero-order valence-corrected chi connectivity index (χ0v) is 11.3.